The molecule has 0 aliphatic carbocycles. The van der Waals surface area contributed by atoms with E-state index in [-0.39, 0.29) is 13.2 Å². The number of ether oxygens (including phenoxy) is 4. The van der Waals surface area contributed by atoms with E-state index in [0.717, 1.165) is 5.56 Å². The van der Waals surface area contributed by atoms with Gasteiger partial charge in [-0.05, 0) is 63.1 Å². The van der Waals surface area contributed by atoms with Crippen LogP contribution in [0.3, 0.4) is 0 Å². The smallest absolute Gasteiger partial charge is 0.331 e. The number of anilines is 1. The molecule has 0 aromatic heterocycles. The Balaban J connectivity index is 1.73. The molecule has 0 saturated heterocycles. The molecule has 1 atom stereocenters. The Morgan fingerprint density at radius 1 is 1.10 bits per heavy atom. The maximum atomic E-state index is 13.3. The van der Waals surface area contributed by atoms with Gasteiger partial charge in [-0.1, -0.05) is 12.1 Å². The number of rotatable bonds is 4. The van der Waals surface area contributed by atoms with Crippen LogP contribution >= 0.6 is 0 Å². The van der Waals surface area contributed by atoms with E-state index in [2.05, 4.69) is 5.32 Å². The molecule has 4 rings (SSSR count). The van der Waals surface area contributed by atoms with Crippen molar-refractivity contribution in [3.05, 3.63) is 59.1 Å². The molecule has 0 saturated carbocycles. The van der Waals surface area contributed by atoms with Gasteiger partial charge in [-0.2, -0.15) is 0 Å². The van der Waals surface area contributed by atoms with Crippen molar-refractivity contribution >= 4 is 11.7 Å². The van der Waals surface area contributed by atoms with Crippen molar-refractivity contribution in [2.45, 2.75) is 45.3 Å². The molecular formula is C23H27N3O5. The monoisotopic (exact) mass is 425 g/mol. The van der Waals surface area contributed by atoms with Crippen molar-refractivity contribution in [3.63, 3.8) is 0 Å². The normalized spacial score (nSPS) is 16.7. The van der Waals surface area contributed by atoms with Crippen LogP contribution in [0.2, 0.25) is 0 Å². The van der Waals surface area contributed by atoms with E-state index in [0.29, 0.717) is 40.1 Å². The zero-order valence-corrected chi connectivity index (χ0v) is 18.1. The van der Waals surface area contributed by atoms with E-state index in [9.17, 15) is 4.79 Å². The molecule has 2 aliphatic heterocycles. The number of hydrogen-bond donors (Lipinski definition) is 3. The Morgan fingerprint density at radius 2 is 1.81 bits per heavy atom. The number of carbonyl (C=O) groups excluding carboxylic acids is 1. The quantitative estimate of drug-likeness (QED) is 0.640. The fourth-order valence-electron chi connectivity index (χ4n) is 3.48. The maximum Gasteiger partial charge on any atom is 0.331 e. The third-order valence-electron chi connectivity index (χ3n) is 5.09. The molecule has 2 aromatic rings. The van der Waals surface area contributed by atoms with Crippen molar-refractivity contribution in [1.29, 1.82) is 0 Å². The molecular weight excluding hydrogens is 398 g/mol. The van der Waals surface area contributed by atoms with Crippen molar-refractivity contribution in [2.75, 3.05) is 12.1 Å². The first kappa shape index (κ1) is 20.9. The van der Waals surface area contributed by atoms with Crippen LogP contribution in [-0.4, -0.2) is 18.4 Å². The molecule has 164 valence electrons. The summed E-state index contributed by atoms with van der Waals surface area (Å²) in [5.41, 5.74) is 12.6. The summed E-state index contributed by atoms with van der Waals surface area (Å²) in [5.74, 6) is 2.33. The SMILES string of the molecule is CC1=C(N)Nc2cc(C(N)(Cc3ccc4c(c3)OCO4)C(=O)OC(C)(C)C)ccc2O1. The number of benzene rings is 2. The van der Waals surface area contributed by atoms with E-state index >= 15 is 0 Å². The van der Waals surface area contributed by atoms with Crippen molar-refractivity contribution in [3.8, 4) is 17.2 Å². The lowest BCUT2D eigenvalue weighted by atomic mass is 9.84. The number of carbonyl (C=O) groups is 1. The topological polar surface area (TPSA) is 118 Å². The molecule has 0 amide bonds. The molecule has 0 fully saturated rings. The summed E-state index contributed by atoms with van der Waals surface area (Å²) in [4.78, 5) is 13.3. The third kappa shape index (κ3) is 4.11. The summed E-state index contributed by atoms with van der Waals surface area (Å²) in [7, 11) is 0. The van der Waals surface area contributed by atoms with Crippen LogP contribution in [0.15, 0.2) is 48.0 Å². The Labute approximate surface area is 181 Å². The second-order valence-electron chi connectivity index (χ2n) is 8.75. The Kier molecular flexibility index (Phi) is 4.97. The summed E-state index contributed by atoms with van der Waals surface area (Å²) >= 11 is 0. The van der Waals surface area contributed by atoms with E-state index in [4.69, 9.17) is 30.4 Å². The summed E-state index contributed by atoms with van der Waals surface area (Å²) in [6.07, 6.45) is 0.197. The number of nitrogens with one attached hydrogen (secondary N) is 1. The van der Waals surface area contributed by atoms with Gasteiger partial charge in [0.1, 0.15) is 22.7 Å². The number of fused-ring (bicyclic) bond motifs is 2. The minimum Gasteiger partial charge on any atom is -0.458 e. The number of allylic oxidation sites excluding steroid dienone is 1. The first-order valence-corrected chi connectivity index (χ1v) is 10.0. The van der Waals surface area contributed by atoms with Gasteiger partial charge in [0, 0.05) is 6.42 Å². The molecule has 1 unspecified atom stereocenters. The highest BCUT2D eigenvalue weighted by molar-refractivity contribution is 5.84. The summed E-state index contributed by atoms with van der Waals surface area (Å²) in [5, 5.41) is 3.10. The van der Waals surface area contributed by atoms with Crippen LogP contribution in [0.5, 0.6) is 17.2 Å². The highest BCUT2D eigenvalue weighted by Gasteiger charge is 2.41. The molecule has 31 heavy (non-hydrogen) atoms. The highest BCUT2D eigenvalue weighted by atomic mass is 16.7. The van der Waals surface area contributed by atoms with Crippen LogP contribution < -0.4 is 31.0 Å². The van der Waals surface area contributed by atoms with Crippen LogP contribution in [0.4, 0.5) is 5.69 Å². The van der Waals surface area contributed by atoms with Gasteiger partial charge in [0.15, 0.2) is 17.2 Å². The average molecular weight is 425 g/mol. The van der Waals surface area contributed by atoms with E-state index < -0.39 is 17.1 Å². The fourth-order valence-corrected chi connectivity index (χ4v) is 3.48. The largest absolute Gasteiger partial charge is 0.458 e. The molecule has 8 nitrogen and oxygen atoms in total. The molecule has 2 aliphatic rings. The maximum absolute atomic E-state index is 13.3. The van der Waals surface area contributed by atoms with Gasteiger partial charge in [0.2, 0.25) is 6.79 Å². The molecule has 8 heteroatoms. The van der Waals surface area contributed by atoms with Gasteiger partial charge in [0.25, 0.3) is 0 Å². The lowest BCUT2D eigenvalue weighted by molar-refractivity contribution is -0.162. The predicted octanol–water partition coefficient (Wildman–Crippen LogP) is 3.11. The van der Waals surface area contributed by atoms with E-state index in [1.165, 1.54) is 0 Å². The average Bonchev–Trinajstić information content (AvgIpc) is 3.15. The first-order chi connectivity index (χ1) is 14.5. The van der Waals surface area contributed by atoms with Gasteiger partial charge >= 0.3 is 5.97 Å². The summed E-state index contributed by atoms with van der Waals surface area (Å²) in [6.45, 7) is 7.36. The molecule has 2 heterocycles. The highest BCUT2D eigenvalue weighted by Crippen LogP contribution is 2.38. The van der Waals surface area contributed by atoms with Gasteiger partial charge in [-0.15, -0.1) is 0 Å². The number of hydrogen-bond acceptors (Lipinski definition) is 8. The van der Waals surface area contributed by atoms with Crippen LogP contribution in [-0.2, 0) is 21.5 Å². The van der Waals surface area contributed by atoms with Crippen molar-refractivity contribution < 1.29 is 23.7 Å². The molecule has 2 aromatic carbocycles. The van der Waals surface area contributed by atoms with Crippen LogP contribution in [0, 0.1) is 0 Å². The molecule has 0 spiro atoms. The van der Waals surface area contributed by atoms with Gasteiger partial charge < -0.3 is 35.7 Å². The minimum absolute atomic E-state index is 0.170. The first-order valence-electron chi connectivity index (χ1n) is 10.0. The fraction of sp³-hybridized carbons (Fsp3) is 0.348. The summed E-state index contributed by atoms with van der Waals surface area (Å²) in [6, 6.07) is 10.8. The van der Waals surface area contributed by atoms with Crippen molar-refractivity contribution in [2.24, 2.45) is 11.5 Å². The van der Waals surface area contributed by atoms with E-state index in [1.54, 1.807) is 25.1 Å². The van der Waals surface area contributed by atoms with Crippen LogP contribution in [0.25, 0.3) is 0 Å². The molecule has 0 bridgehead atoms. The molecule has 0 radical (unpaired) electrons. The van der Waals surface area contributed by atoms with Crippen LogP contribution in [0.1, 0.15) is 38.8 Å². The Hall–Kier alpha value is -3.39. The van der Waals surface area contributed by atoms with Crippen molar-refractivity contribution in [1.82, 2.24) is 0 Å². The Bertz CT molecular complexity index is 1070. The van der Waals surface area contributed by atoms with Gasteiger partial charge in [-0.3, -0.25) is 0 Å². The van der Waals surface area contributed by atoms with Gasteiger partial charge in [-0.25, -0.2) is 4.79 Å². The number of nitrogens with two attached hydrogens (primary N) is 2. The standard InChI is InChI=1S/C23H27N3O5/c1-13-20(24)26-16-10-15(6-8-17(16)30-13)23(25,21(27)31-22(2,3)4)11-14-5-7-18-19(9-14)29-12-28-18/h5-10,26H,11-12,24-25H2,1-4H3. The summed E-state index contributed by atoms with van der Waals surface area (Å²) < 4.78 is 22.3. The number of esters is 1. The third-order valence-corrected chi connectivity index (χ3v) is 5.09. The second-order valence-corrected chi connectivity index (χ2v) is 8.75. The predicted molar refractivity (Wildman–Crippen MR) is 116 cm³/mol. The lowest BCUT2D eigenvalue weighted by Crippen LogP contribution is -2.50. The Morgan fingerprint density at radius 3 is 2.55 bits per heavy atom. The van der Waals surface area contributed by atoms with Gasteiger partial charge in [0.05, 0.1) is 5.69 Å². The minimum atomic E-state index is -1.46. The second kappa shape index (κ2) is 7.39. The zero-order chi connectivity index (χ0) is 22.4. The molecule has 5 N–H and O–H groups in total. The van der Waals surface area contributed by atoms with E-state index in [1.807, 2.05) is 39.0 Å². The zero-order valence-electron chi connectivity index (χ0n) is 18.1. The lowest BCUT2D eigenvalue weighted by Gasteiger charge is -2.33.